The van der Waals surface area contributed by atoms with Crippen molar-refractivity contribution in [2.24, 2.45) is 0 Å². The molecule has 2 atom stereocenters. The van der Waals surface area contributed by atoms with E-state index >= 15 is 0 Å². The van der Waals surface area contributed by atoms with E-state index in [4.69, 9.17) is 0 Å². The van der Waals surface area contributed by atoms with E-state index in [1.54, 1.807) is 12.1 Å². The topological polar surface area (TPSA) is 12.0 Å². The first kappa shape index (κ1) is 8.71. The third-order valence-electron chi connectivity index (χ3n) is 2.20. The molecule has 1 nitrogen and oxygen atoms in total. The number of hydrogen-bond donors (Lipinski definition) is 1. The zero-order valence-electron chi connectivity index (χ0n) is 7.34. The van der Waals surface area contributed by atoms with E-state index in [9.17, 15) is 4.39 Å². The average molecular weight is 195 g/mol. The Bertz CT molecular complexity index is 349. The van der Waals surface area contributed by atoms with Gasteiger partial charge in [-0.15, -0.1) is 0 Å². The summed E-state index contributed by atoms with van der Waals surface area (Å²) in [4.78, 5) is 0. The Morgan fingerprint density at radius 3 is 3.08 bits per heavy atom. The monoisotopic (exact) mass is 195 g/mol. The molecule has 0 radical (unpaired) electrons. The van der Waals surface area contributed by atoms with Gasteiger partial charge < -0.3 is 5.32 Å². The maximum absolute atomic E-state index is 13.3. The lowest BCUT2D eigenvalue weighted by Gasteiger charge is -2.22. The summed E-state index contributed by atoms with van der Waals surface area (Å²) in [6.45, 7) is 2.12. The van der Waals surface area contributed by atoms with E-state index in [0.717, 1.165) is 19.7 Å². The molecular formula is C10H11FNP. The average Bonchev–Trinajstić information content (AvgIpc) is 2.18. The second-order valence-electron chi connectivity index (χ2n) is 2.96. The Morgan fingerprint density at radius 2 is 2.31 bits per heavy atom. The summed E-state index contributed by atoms with van der Waals surface area (Å²) >= 11 is 0. The van der Waals surface area contributed by atoms with Crippen LogP contribution < -0.4 is 5.32 Å². The molecule has 1 aromatic rings. The Balaban J connectivity index is 2.53. The zero-order valence-corrected chi connectivity index (χ0v) is 8.34. The molecule has 0 saturated heterocycles. The highest BCUT2D eigenvalue weighted by molar-refractivity contribution is 7.37. The number of nitrogens with one attached hydrogen (secondary N) is 1. The van der Waals surface area contributed by atoms with Crippen molar-refractivity contribution in [1.82, 2.24) is 5.32 Å². The fourth-order valence-corrected chi connectivity index (χ4v) is 2.36. The van der Waals surface area contributed by atoms with Crippen LogP contribution in [0.2, 0.25) is 0 Å². The van der Waals surface area contributed by atoms with Crippen molar-refractivity contribution in [1.29, 1.82) is 0 Å². The first-order valence-corrected chi connectivity index (χ1v) is 5.79. The highest BCUT2D eigenvalue weighted by Gasteiger charge is 2.16. The van der Waals surface area contributed by atoms with Gasteiger partial charge in [-0.3, -0.25) is 0 Å². The highest BCUT2D eigenvalue weighted by atomic mass is 31.1. The van der Waals surface area contributed by atoms with Gasteiger partial charge in [-0.1, -0.05) is 20.7 Å². The second kappa shape index (κ2) is 3.47. The SMILES string of the molecule is CPC1NC=Cc2c(F)cccc21. The van der Waals surface area contributed by atoms with Crippen LogP contribution in [0.3, 0.4) is 0 Å². The van der Waals surface area contributed by atoms with Crippen molar-refractivity contribution in [2.75, 3.05) is 6.66 Å². The van der Waals surface area contributed by atoms with Gasteiger partial charge in [-0.25, -0.2) is 4.39 Å². The molecule has 1 N–H and O–H groups in total. The smallest absolute Gasteiger partial charge is 0.130 e. The molecule has 13 heavy (non-hydrogen) atoms. The van der Waals surface area contributed by atoms with Crippen LogP contribution in [0.5, 0.6) is 0 Å². The van der Waals surface area contributed by atoms with Gasteiger partial charge in [0.05, 0.1) is 5.78 Å². The molecule has 1 heterocycles. The van der Waals surface area contributed by atoms with Crippen LogP contribution in [0.4, 0.5) is 4.39 Å². The minimum atomic E-state index is -0.126. The van der Waals surface area contributed by atoms with E-state index in [-0.39, 0.29) is 11.6 Å². The minimum Gasteiger partial charge on any atom is -0.380 e. The largest absolute Gasteiger partial charge is 0.380 e. The Labute approximate surface area is 78.8 Å². The third-order valence-corrected chi connectivity index (χ3v) is 3.25. The lowest BCUT2D eigenvalue weighted by atomic mass is 10.0. The van der Waals surface area contributed by atoms with Crippen LogP contribution in [-0.4, -0.2) is 6.66 Å². The van der Waals surface area contributed by atoms with Crippen LogP contribution in [0, 0.1) is 5.82 Å². The molecule has 0 spiro atoms. The van der Waals surface area contributed by atoms with E-state index in [2.05, 4.69) is 12.0 Å². The van der Waals surface area contributed by atoms with Crippen molar-refractivity contribution in [2.45, 2.75) is 5.78 Å². The number of benzene rings is 1. The van der Waals surface area contributed by atoms with Crippen LogP contribution in [0.25, 0.3) is 6.08 Å². The van der Waals surface area contributed by atoms with E-state index < -0.39 is 0 Å². The first-order valence-electron chi connectivity index (χ1n) is 4.21. The molecule has 3 heteroatoms. The normalized spacial score (nSPS) is 20.3. The fraction of sp³-hybridized carbons (Fsp3) is 0.200. The van der Waals surface area contributed by atoms with Gasteiger partial charge in [0.1, 0.15) is 5.82 Å². The van der Waals surface area contributed by atoms with Crippen LogP contribution >= 0.6 is 8.58 Å². The zero-order chi connectivity index (χ0) is 9.26. The molecule has 0 fully saturated rings. The molecular weight excluding hydrogens is 184 g/mol. The van der Waals surface area contributed by atoms with Crippen molar-refractivity contribution in [3.63, 3.8) is 0 Å². The Kier molecular flexibility index (Phi) is 2.32. The molecule has 2 rings (SSSR count). The first-order chi connectivity index (χ1) is 6.33. The predicted octanol–water partition coefficient (Wildman–Crippen LogP) is 2.71. The molecule has 0 saturated carbocycles. The summed E-state index contributed by atoms with van der Waals surface area (Å²) < 4.78 is 13.3. The summed E-state index contributed by atoms with van der Waals surface area (Å²) in [6, 6.07) is 5.25. The Morgan fingerprint density at radius 1 is 1.46 bits per heavy atom. The second-order valence-corrected chi connectivity index (χ2v) is 4.12. The molecule has 0 bridgehead atoms. The lowest BCUT2D eigenvalue weighted by molar-refractivity contribution is 0.618. The minimum absolute atomic E-state index is 0.126. The number of rotatable bonds is 1. The summed E-state index contributed by atoms with van der Waals surface area (Å²) in [7, 11) is 0.741. The molecule has 68 valence electrons. The lowest BCUT2D eigenvalue weighted by Crippen LogP contribution is -2.15. The molecule has 0 aromatic heterocycles. The maximum atomic E-state index is 13.3. The fourth-order valence-electron chi connectivity index (χ4n) is 1.54. The van der Waals surface area contributed by atoms with Crippen LogP contribution in [0.1, 0.15) is 16.9 Å². The molecule has 1 aliphatic rings. The summed E-state index contributed by atoms with van der Waals surface area (Å²) in [6.07, 6.45) is 3.62. The standard InChI is InChI=1S/C10H11FNP/c1-13-10-8-3-2-4-9(11)7(8)5-6-12-10/h2-6,10,12-13H,1H3. The third kappa shape index (κ3) is 1.47. The van der Waals surface area contributed by atoms with Crippen LogP contribution in [-0.2, 0) is 0 Å². The molecule has 0 aliphatic carbocycles. The molecule has 2 unspecified atom stereocenters. The maximum Gasteiger partial charge on any atom is 0.130 e. The van der Waals surface area contributed by atoms with E-state index in [1.807, 2.05) is 12.3 Å². The van der Waals surface area contributed by atoms with Crippen LogP contribution in [0.15, 0.2) is 24.4 Å². The van der Waals surface area contributed by atoms with Crippen molar-refractivity contribution < 1.29 is 4.39 Å². The van der Waals surface area contributed by atoms with E-state index in [0.29, 0.717) is 0 Å². The van der Waals surface area contributed by atoms with Gasteiger partial charge >= 0.3 is 0 Å². The predicted molar refractivity (Wildman–Crippen MR) is 55.5 cm³/mol. The highest BCUT2D eigenvalue weighted by Crippen LogP contribution is 2.35. The van der Waals surface area contributed by atoms with Crippen molar-refractivity contribution in [3.8, 4) is 0 Å². The molecule has 0 amide bonds. The number of fused-ring (bicyclic) bond motifs is 1. The molecule has 1 aliphatic heterocycles. The van der Waals surface area contributed by atoms with Crippen molar-refractivity contribution >= 4 is 14.7 Å². The summed E-state index contributed by atoms with van der Waals surface area (Å²) in [5, 5.41) is 3.22. The van der Waals surface area contributed by atoms with Gasteiger partial charge in [-0.05, 0) is 30.6 Å². The number of halogens is 1. The van der Waals surface area contributed by atoms with Gasteiger partial charge in [0.2, 0.25) is 0 Å². The summed E-state index contributed by atoms with van der Waals surface area (Å²) in [5.41, 5.74) is 1.81. The van der Waals surface area contributed by atoms with E-state index in [1.165, 1.54) is 6.07 Å². The quantitative estimate of drug-likeness (QED) is 0.679. The molecule has 1 aromatic carbocycles. The summed E-state index contributed by atoms with van der Waals surface area (Å²) in [5.74, 6) is 0.161. The van der Waals surface area contributed by atoms with Gasteiger partial charge in [0.25, 0.3) is 0 Å². The van der Waals surface area contributed by atoms with Gasteiger partial charge in [0.15, 0.2) is 0 Å². The number of hydrogen-bond acceptors (Lipinski definition) is 1. The van der Waals surface area contributed by atoms with Gasteiger partial charge in [0, 0.05) is 5.56 Å². The van der Waals surface area contributed by atoms with Crippen molar-refractivity contribution in [3.05, 3.63) is 41.3 Å². The van der Waals surface area contributed by atoms with Gasteiger partial charge in [-0.2, -0.15) is 0 Å². The Hall–Kier alpha value is -0.880.